The van der Waals surface area contributed by atoms with Gasteiger partial charge < -0.3 is 9.50 Å². The first kappa shape index (κ1) is 26.0. The van der Waals surface area contributed by atoms with Crippen molar-refractivity contribution in [3.63, 3.8) is 0 Å². The van der Waals surface area contributed by atoms with Gasteiger partial charge in [-0.3, -0.25) is 0 Å². The molecule has 1 atom stereocenters. The zero-order valence-corrected chi connectivity index (χ0v) is 22.3. The molecule has 1 heterocycles. The van der Waals surface area contributed by atoms with Crippen molar-refractivity contribution in [3.05, 3.63) is 53.1 Å². The monoisotopic (exact) mass is 512 g/mol. The van der Waals surface area contributed by atoms with Crippen molar-refractivity contribution >= 4 is 30.0 Å². The van der Waals surface area contributed by atoms with Crippen molar-refractivity contribution in [2.45, 2.75) is 62.8 Å². The van der Waals surface area contributed by atoms with Gasteiger partial charge in [0.05, 0.1) is 4.90 Å². The molecule has 0 amide bonds. The van der Waals surface area contributed by atoms with Crippen LogP contribution in [-0.4, -0.2) is 46.8 Å². The lowest BCUT2D eigenvalue weighted by atomic mass is 9.86. The predicted molar refractivity (Wildman–Crippen MR) is 133 cm³/mol. The molecule has 0 radical (unpaired) electrons. The summed E-state index contributed by atoms with van der Waals surface area (Å²) in [7, 11) is -6.88. The molecule has 1 N–H and O–H groups in total. The lowest BCUT2D eigenvalue weighted by Gasteiger charge is -2.32. The maximum atomic E-state index is 13.1. The van der Waals surface area contributed by atoms with Gasteiger partial charge in [0.2, 0.25) is 8.87 Å². The van der Waals surface area contributed by atoms with Crippen LogP contribution in [0.4, 0.5) is 0 Å². The van der Waals surface area contributed by atoms with Crippen LogP contribution in [0.3, 0.4) is 0 Å². The molecule has 33 heavy (non-hydrogen) atoms. The summed E-state index contributed by atoms with van der Waals surface area (Å²) < 4.78 is 59.0. The average Bonchev–Trinajstić information content (AvgIpc) is 2.69. The quantitative estimate of drug-likeness (QED) is 0.585. The molecular weight excluding hydrogens is 480 g/mol. The fourth-order valence-electron chi connectivity index (χ4n) is 3.59. The maximum Gasteiger partial charge on any atom is 0.385 e. The van der Waals surface area contributed by atoms with Crippen LogP contribution in [0.1, 0.15) is 44.4 Å². The Labute approximate surface area is 201 Å². The minimum absolute atomic E-state index is 0.211. The van der Waals surface area contributed by atoms with Crippen molar-refractivity contribution in [1.29, 1.82) is 0 Å². The number of hydrogen-bond donors (Lipinski definition) is 1. The highest BCUT2D eigenvalue weighted by Gasteiger charge is 2.33. The molecule has 3 rings (SSSR count). The zero-order valence-electron chi connectivity index (χ0n) is 19.9. The third-order valence-corrected chi connectivity index (χ3v) is 10.4. The summed E-state index contributed by atoms with van der Waals surface area (Å²) in [5.74, 6) is 0.211. The summed E-state index contributed by atoms with van der Waals surface area (Å²) in [4.78, 5) is 0.784. The topological polar surface area (TPSA) is 92.8 Å². The van der Waals surface area contributed by atoms with Gasteiger partial charge in [-0.1, -0.05) is 38.5 Å². The summed E-state index contributed by atoms with van der Waals surface area (Å²) in [5.41, 5.74) is 1.79. The second kappa shape index (κ2) is 9.58. The van der Waals surface area contributed by atoms with Crippen molar-refractivity contribution in [3.8, 4) is 5.75 Å². The van der Waals surface area contributed by atoms with Gasteiger partial charge in [-0.2, -0.15) is 12.7 Å². The Morgan fingerprint density at radius 2 is 1.70 bits per heavy atom. The molecule has 182 valence electrons. The summed E-state index contributed by atoms with van der Waals surface area (Å²) in [6.45, 7) is 12.8. The van der Waals surface area contributed by atoms with E-state index in [0.29, 0.717) is 35.7 Å². The third kappa shape index (κ3) is 6.10. The Morgan fingerprint density at radius 1 is 1.06 bits per heavy atom. The van der Waals surface area contributed by atoms with E-state index >= 15 is 0 Å². The molecule has 7 nitrogen and oxygen atoms in total. The second-order valence-corrected chi connectivity index (χ2v) is 14.7. The number of piperazine rings is 1. The van der Waals surface area contributed by atoms with E-state index < -0.39 is 24.6 Å². The highest BCUT2D eigenvalue weighted by molar-refractivity contribution is 8.72. The molecule has 1 saturated heterocycles. The third-order valence-electron chi connectivity index (χ3n) is 5.52. The molecule has 0 spiro atoms. The van der Waals surface area contributed by atoms with Gasteiger partial charge in [-0.05, 0) is 61.6 Å². The minimum atomic E-state index is -4.00. The van der Waals surface area contributed by atoms with Gasteiger partial charge in [-0.15, -0.1) is 0 Å². The first-order valence-electron chi connectivity index (χ1n) is 10.8. The first-order valence-corrected chi connectivity index (χ1v) is 15.0. The molecule has 2 aromatic rings. The molecule has 1 aliphatic heterocycles. The molecule has 0 saturated carbocycles. The van der Waals surface area contributed by atoms with Gasteiger partial charge in [0.1, 0.15) is 5.75 Å². The summed E-state index contributed by atoms with van der Waals surface area (Å²) in [6.07, 6.45) is 0. The van der Waals surface area contributed by atoms with Crippen LogP contribution in [-0.2, 0) is 24.6 Å². The number of hydrogen-bond acceptors (Lipinski definition) is 7. The zero-order chi connectivity index (χ0) is 24.6. The smallest absolute Gasteiger partial charge is 0.370 e. The maximum absolute atomic E-state index is 13.1. The fourth-order valence-corrected chi connectivity index (χ4v) is 8.15. The van der Waals surface area contributed by atoms with Gasteiger partial charge in [0, 0.05) is 41.4 Å². The molecule has 0 bridgehead atoms. The van der Waals surface area contributed by atoms with Crippen LogP contribution in [0.2, 0.25) is 0 Å². The van der Waals surface area contributed by atoms with Crippen LogP contribution in [0, 0.1) is 13.8 Å². The number of nitrogens with zero attached hydrogens (tertiary/aromatic N) is 1. The molecule has 1 aliphatic rings. The Bertz CT molecular complexity index is 1220. The van der Waals surface area contributed by atoms with E-state index in [1.54, 1.807) is 43.3 Å². The normalized spacial score (nSPS) is 18.3. The average molecular weight is 513 g/mol. The summed E-state index contributed by atoms with van der Waals surface area (Å²) in [5, 5.41) is 3.17. The fraction of sp³-hybridized carbons (Fsp3) is 0.478. The van der Waals surface area contributed by atoms with Crippen molar-refractivity contribution in [2.75, 3.05) is 19.6 Å². The van der Waals surface area contributed by atoms with Crippen LogP contribution in [0.25, 0.3) is 0 Å². The van der Waals surface area contributed by atoms with Crippen LogP contribution in [0.15, 0.2) is 46.2 Å². The lowest BCUT2D eigenvalue weighted by molar-refractivity contribution is 0.260. The van der Waals surface area contributed by atoms with E-state index in [1.807, 2.05) is 34.6 Å². The van der Waals surface area contributed by atoms with E-state index in [-0.39, 0.29) is 16.7 Å². The van der Waals surface area contributed by atoms with Crippen molar-refractivity contribution in [2.24, 2.45) is 0 Å². The Morgan fingerprint density at radius 3 is 2.27 bits per heavy atom. The van der Waals surface area contributed by atoms with E-state index in [1.165, 1.54) is 4.31 Å². The van der Waals surface area contributed by atoms with Crippen molar-refractivity contribution in [1.82, 2.24) is 9.62 Å². The molecular formula is C23H32N2O5S3. The van der Waals surface area contributed by atoms with E-state index in [0.717, 1.165) is 16.4 Å². The molecule has 0 aromatic heterocycles. The standard InChI is InChI=1S/C23H32N2O5S3/c1-16-7-9-19(10-8-16)32(26,27)31-22-13-17(2)21(14-20(22)23(4,5)6)30-33(28,29)25-12-11-24-15-18(25)3/h7-10,13-14,18,24H,11-12,15H2,1-6H3. The molecule has 1 unspecified atom stereocenters. The number of benzene rings is 2. The number of nitrogens with one attached hydrogen (secondary N) is 1. The van der Waals surface area contributed by atoms with Crippen molar-refractivity contribution < 1.29 is 21.0 Å². The Kier molecular flexibility index (Phi) is 7.55. The second-order valence-electron chi connectivity index (χ2n) is 9.42. The number of rotatable bonds is 6. The largest absolute Gasteiger partial charge is 0.385 e. The van der Waals surface area contributed by atoms with Gasteiger partial charge in [-0.25, -0.2) is 8.42 Å². The summed E-state index contributed by atoms with van der Waals surface area (Å²) in [6, 6.07) is 9.86. The van der Waals surface area contributed by atoms with Gasteiger partial charge in [0.15, 0.2) is 0 Å². The lowest BCUT2D eigenvalue weighted by Crippen LogP contribution is -2.53. The summed E-state index contributed by atoms with van der Waals surface area (Å²) >= 11 is 0. The first-order chi connectivity index (χ1) is 15.2. The predicted octanol–water partition coefficient (Wildman–Crippen LogP) is 4.00. The Hall–Kier alpha value is -1.59. The van der Waals surface area contributed by atoms with Crippen LogP contribution < -0.4 is 9.50 Å². The molecule has 1 fully saturated rings. The highest BCUT2D eigenvalue weighted by atomic mass is 33.1. The molecule has 2 aromatic carbocycles. The van der Waals surface area contributed by atoms with Gasteiger partial charge >= 0.3 is 10.3 Å². The van der Waals surface area contributed by atoms with Crippen LogP contribution >= 0.6 is 10.8 Å². The minimum Gasteiger partial charge on any atom is -0.370 e. The van der Waals surface area contributed by atoms with E-state index in [9.17, 15) is 16.8 Å². The van der Waals surface area contributed by atoms with E-state index in [2.05, 4.69) is 5.32 Å². The molecule has 10 heteroatoms. The SMILES string of the molecule is Cc1ccc(S(=O)(=O)Sc2cc(C)c(OS(=O)(=O)N3CCNCC3C)cc2C(C)(C)C)cc1. The molecule has 0 aliphatic carbocycles. The van der Waals surface area contributed by atoms with Gasteiger partial charge in [0.25, 0.3) is 0 Å². The van der Waals surface area contributed by atoms with E-state index in [4.69, 9.17) is 4.18 Å². The van der Waals surface area contributed by atoms with Crippen LogP contribution in [0.5, 0.6) is 5.75 Å². The Balaban J connectivity index is 1.99. The highest BCUT2D eigenvalue weighted by Crippen LogP contribution is 2.41. The number of aryl methyl sites for hydroxylation is 2.